The molecule has 0 bridgehead atoms. The zero-order valence-corrected chi connectivity index (χ0v) is 16.6. The van der Waals surface area contributed by atoms with Crippen LogP contribution in [0.5, 0.6) is 11.5 Å². The van der Waals surface area contributed by atoms with E-state index in [0.29, 0.717) is 31.4 Å². The topological polar surface area (TPSA) is 56.1 Å². The second-order valence-corrected chi connectivity index (χ2v) is 7.91. The van der Waals surface area contributed by atoms with Crippen LogP contribution < -0.4 is 15.0 Å². The highest BCUT2D eigenvalue weighted by Gasteiger charge is 2.27. The summed E-state index contributed by atoms with van der Waals surface area (Å²) in [5.41, 5.74) is 3.77. The third-order valence-electron chi connectivity index (χ3n) is 5.75. The van der Waals surface area contributed by atoms with Gasteiger partial charge in [0.05, 0.1) is 18.9 Å². The van der Waals surface area contributed by atoms with E-state index in [0.717, 1.165) is 48.6 Å². The van der Waals surface area contributed by atoms with Crippen LogP contribution in [0.3, 0.4) is 0 Å². The largest absolute Gasteiger partial charge is 0.490 e. The van der Waals surface area contributed by atoms with E-state index in [1.54, 1.807) is 10.5 Å². The first-order valence-electron chi connectivity index (χ1n) is 10.3. The quantitative estimate of drug-likeness (QED) is 0.684. The van der Waals surface area contributed by atoms with E-state index >= 15 is 0 Å². The third kappa shape index (κ3) is 3.60. The number of aryl methyl sites for hydroxylation is 1. The summed E-state index contributed by atoms with van der Waals surface area (Å²) in [5, 5.41) is 0. The SMILES string of the molecule is Cc1ccc2nc(CN3CCC[C@H]3c3ccc4c(c3)OCCCO4)cc(=O)n2c1. The van der Waals surface area contributed by atoms with Crippen LogP contribution in [-0.4, -0.2) is 34.0 Å². The van der Waals surface area contributed by atoms with E-state index < -0.39 is 0 Å². The van der Waals surface area contributed by atoms with Crippen LogP contribution in [0.2, 0.25) is 0 Å². The summed E-state index contributed by atoms with van der Waals surface area (Å²) in [7, 11) is 0. The van der Waals surface area contributed by atoms with Crippen molar-refractivity contribution >= 4 is 5.65 Å². The molecule has 0 saturated carbocycles. The lowest BCUT2D eigenvalue weighted by Gasteiger charge is -2.25. The molecule has 0 radical (unpaired) electrons. The minimum absolute atomic E-state index is 0.0278. The predicted octanol–water partition coefficient (Wildman–Crippen LogP) is 3.50. The number of hydrogen-bond donors (Lipinski definition) is 0. The molecule has 2 aliphatic heterocycles. The number of aromatic nitrogens is 2. The van der Waals surface area contributed by atoms with Crippen LogP contribution in [0.4, 0.5) is 0 Å². The van der Waals surface area contributed by atoms with Gasteiger partial charge in [0.15, 0.2) is 11.5 Å². The molecule has 29 heavy (non-hydrogen) atoms. The second kappa shape index (κ2) is 7.52. The number of likely N-dealkylation sites (tertiary alicyclic amines) is 1. The summed E-state index contributed by atoms with van der Waals surface area (Å²) < 4.78 is 13.3. The molecule has 5 rings (SSSR count). The van der Waals surface area contributed by atoms with Gasteiger partial charge >= 0.3 is 0 Å². The van der Waals surface area contributed by atoms with E-state index in [-0.39, 0.29) is 5.56 Å². The van der Waals surface area contributed by atoms with Gasteiger partial charge in [0.1, 0.15) is 5.65 Å². The van der Waals surface area contributed by atoms with Crippen molar-refractivity contribution in [2.45, 2.75) is 38.8 Å². The van der Waals surface area contributed by atoms with Gasteiger partial charge in [-0.3, -0.25) is 14.1 Å². The monoisotopic (exact) mass is 391 g/mol. The van der Waals surface area contributed by atoms with E-state index in [1.807, 2.05) is 31.3 Å². The summed E-state index contributed by atoms with van der Waals surface area (Å²) >= 11 is 0. The number of hydrogen-bond acceptors (Lipinski definition) is 5. The lowest BCUT2D eigenvalue weighted by atomic mass is 10.0. The molecular weight excluding hydrogens is 366 g/mol. The predicted molar refractivity (Wildman–Crippen MR) is 111 cm³/mol. The molecule has 1 saturated heterocycles. The first-order valence-corrected chi connectivity index (χ1v) is 10.3. The maximum absolute atomic E-state index is 12.5. The number of nitrogens with zero attached hydrogens (tertiary/aromatic N) is 3. The molecular formula is C23H25N3O3. The lowest BCUT2D eigenvalue weighted by molar-refractivity contribution is 0.244. The maximum atomic E-state index is 12.5. The Labute approximate surface area is 169 Å². The average Bonchev–Trinajstić information content (AvgIpc) is 3.04. The molecule has 0 amide bonds. The molecule has 1 aromatic carbocycles. The lowest BCUT2D eigenvalue weighted by Crippen LogP contribution is -2.25. The van der Waals surface area contributed by atoms with E-state index in [9.17, 15) is 4.79 Å². The Morgan fingerprint density at radius 3 is 2.83 bits per heavy atom. The van der Waals surface area contributed by atoms with Gasteiger partial charge in [-0.15, -0.1) is 0 Å². The number of fused-ring (bicyclic) bond motifs is 2. The van der Waals surface area contributed by atoms with E-state index in [4.69, 9.17) is 14.5 Å². The number of ether oxygens (including phenoxy) is 2. The highest BCUT2D eigenvalue weighted by Crippen LogP contribution is 2.38. The van der Waals surface area contributed by atoms with Gasteiger partial charge in [0.2, 0.25) is 0 Å². The Morgan fingerprint density at radius 2 is 1.93 bits per heavy atom. The van der Waals surface area contributed by atoms with Crippen LogP contribution >= 0.6 is 0 Å². The summed E-state index contributed by atoms with van der Waals surface area (Å²) in [6, 6.07) is 12.1. The van der Waals surface area contributed by atoms with Gasteiger partial charge in [-0.05, 0) is 55.6 Å². The van der Waals surface area contributed by atoms with Gasteiger partial charge in [-0.1, -0.05) is 12.1 Å². The van der Waals surface area contributed by atoms with Crippen molar-refractivity contribution in [1.82, 2.24) is 14.3 Å². The van der Waals surface area contributed by atoms with Crippen molar-refractivity contribution in [1.29, 1.82) is 0 Å². The molecule has 0 aliphatic carbocycles. The summed E-state index contributed by atoms with van der Waals surface area (Å²) in [4.78, 5) is 19.7. The molecule has 0 spiro atoms. The molecule has 0 unspecified atom stereocenters. The van der Waals surface area contributed by atoms with Crippen molar-refractivity contribution in [3.05, 3.63) is 69.8 Å². The fourth-order valence-electron chi connectivity index (χ4n) is 4.33. The van der Waals surface area contributed by atoms with Crippen LogP contribution in [0.1, 0.15) is 42.1 Å². The van der Waals surface area contributed by atoms with Gasteiger partial charge in [-0.2, -0.15) is 0 Å². The Bertz CT molecular complexity index is 1110. The van der Waals surface area contributed by atoms with Crippen molar-refractivity contribution in [3.8, 4) is 11.5 Å². The Kier molecular flexibility index (Phi) is 4.72. The third-order valence-corrected chi connectivity index (χ3v) is 5.75. The van der Waals surface area contributed by atoms with Gasteiger partial charge in [-0.25, -0.2) is 4.98 Å². The molecule has 4 heterocycles. The maximum Gasteiger partial charge on any atom is 0.258 e. The highest BCUT2D eigenvalue weighted by atomic mass is 16.5. The standard InChI is InChI=1S/C23H25N3O3/c1-16-5-8-22-24-18(13-23(27)26(22)14-16)15-25-9-2-4-19(25)17-6-7-20-21(12-17)29-11-3-10-28-20/h5-8,12-14,19H,2-4,9-11,15H2,1H3/t19-/m0/s1. The Balaban J connectivity index is 1.42. The molecule has 150 valence electrons. The first-order chi connectivity index (χ1) is 14.2. The molecule has 6 heteroatoms. The number of benzene rings is 1. The molecule has 2 aromatic heterocycles. The molecule has 3 aromatic rings. The summed E-state index contributed by atoms with van der Waals surface area (Å²) in [6.07, 6.45) is 4.96. The first kappa shape index (κ1) is 18.2. The number of rotatable bonds is 3. The minimum atomic E-state index is -0.0278. The normalized spacial score (nSPS) is 19.4. The Hall–Kier alpha value is -2.86. The Morgan fingerprint density at radius 1 is 1.07 bits per heavy atom. The fraction of sp³-hybridized carbons (Fsp3) is 0.391. The van der Waals surface area contributed by atoms with Crippen molar-refractivity contribution in [2.75, 3.05) is 19.8 Å². The molecule has 2 aliphatic rings. The van der Waals surface area contributed by atoms with Crippen LogP contribution in [-0.2, 0) is 6.54 Å². The summed E-state index contributed by atoms with van der Waals surface area (Å²) in [6.45, 7) is 5.02. The van der Waals surface area contributed by atoms with Crippen LogP contribution in [0, 0.1) is 6.92 Å². The molecule has 1 atom stereocenters. The van der Waals surface area contributed by atoms with Crippen molar-refractivity contribution < 1.29 is 9.47 Å². The van der Waals surface area contributed by atoms with Crippen LogP contribution in [0.15, 0.2) is 47.4 Å². The van der Waals surface area contributed by atoms with Gasteiger partial charge < -0.3 is 9.47 Å². The van der Waals surface area contributed by atoms with Gasteiger partial charge in [0.25, 0.3) is 5.56 Å². The minimum Gasteiger partial charge on any atom is -0.490 e. The van der Waals surface area contributed by atoms with E-state index in [2.05, 4.69) is 17.0 Å². The smallest absolute Gasteiger partial charge is 0.258 e. The molecule has 6 nitrogen and oxygen atoms in total. The van der Waals surface area contributed by atoms with Crippen molar-refractivity contribution in [3.63, 3.8) is 0 Å². The van der Waals surface area contributed by atoms with Gasteiger partial charge in [0, 0.05) is 31.3 Å². The van der Waals surface area contributed by atoms with E-state index in [1.165, 1.54) is 5.56 Å². The molecule has 0 N–H and O–H groups in total. The fourth-order valence-corrected chi connectivity index (χ4v) is 4.33. The molecule has 1 fully saturated rings. The second-order valence-electron chi connectivity index (χ2n) is 7.91. The number of pyridine rings is 1. The summed E-state index contributed by atoms with van der Waals surface area (Å²) in [5.74, 6) is 1.67. The zero-order chi connectivity index (χ0) is 19.8. The van der Waals surface area contributed by atoms with Crippen molar-refractivity contribution in [2.24, 2.45) is 0 Å². The average molecular weight is 391 g/mol. The highest BCUT2D eigenvalue weighted by molar-refractivity contribution is 5.44. The van der Waals surface area contributed by atoms with Crippen LogP contribution in [0.25, 0.3) is 5.65 Å². The zero-order valence-electron chi connectivity index (χ0n) is 16.6.